The van der Waals surface area contributed by atoms with Crippen molar-refractivity contribution < 1.29 is 4.79 Å². The van der Waals surface area contributed by atoms with Crippen LogP contribution in [0.5, 0.6) is 0 Å². The minimum absolute atomic E-state index is 0.451. The standard InChI is InChI=1S/C5H4ClN.C2H3BrO/c6-5-2-1-3-7-4-5;3-1-2-4/h1-4H;2H,1H2. The van der Waals surface area contributed by atoms with Gasteiger partial charge in [0, 0.05) is 12.4 Å². The lowest BCUT2D eigenvalue weighted by molar-refractivity contribution is -0.105. The van der Waals surface area contributed by atoms with E-state index in [1.165, 1.54) is 0 Å². The summed E-state index contributed by atoms with van der Waals surface area (Å²) in [4.78, 5) is 12.9. The second kappa shape index (κ2) is 7.69. The third kappa shape index (κ3) is 7.49. The number of nitrogens with zero attached hydrogens (tertiary/aromatic N) is 1. The molecule has 0 spiro atoms. The van der Waals surface area contributed by atoms with Crippen LogP contribution >= 0.6 is 27.5 Å². The van der Waals surface area contributed by atoms with E-state index in [1.54, 1.807) is 24.5 Å². The molecule has 0 atom stereocenters. The van der Waals surface area contributed by atoms with E-state index in [1.807, 2.05) is 0 Å². The second-order valence-electron chi connectivity index (χ2n) is 1.49. The number of hydrogen-bond donors (Lipinski definition) is 0. The van der Waals surface area contributed by atoms with Crippen molar-refractivity contribution in [1.29, 1.82) is 0 Å². The molecular weight excluding hydrogens is 229 g/mol. The average molecular weight is 236 g/mol. The summed E-state index contributed by atoms with van der Waals surface area (Å²) in [5, 5.41) is 1.13. The lowest BCUT2D eigenvalue weighted by Crippen LogP contribution is -1.64. The topological polar surface area (TPSA) is 30.0 Å². The van der Waals surface area contributed by atoms with Crippen LogP contribution in [0, 0.1) is 0 Å². The van der Waals surface area contributed by atoms with Crippen molar-refractivity contribution in [3.8, 4) is 0 Å². The normalized spacial score (nSPS) is 7.82. The minimum atomic E-state index is 0.451. The molecule has 0 aliphatic carbocycles. The van der Waals surface area contributed by atoms with E-state index in [2.05, 4.69) is 20.9 Å². The molecule has 1 aromatic heterocycles. The molecule has 0 amide bonds. The molecule has 0 N–H and O–H groups in total. The van der Waals surface area contributed by atoms with Gasteiger partial charge in [0.1, 0.15) is 6.29 Å². The zero-order chi connectivity index (χ0) is 8.53. The fourth-order valence-corrected chi connectivity index (χ4v) is 0.471. The Morgan fingerprint density at radius 1 is 1.73 bits per heavy atom. The van der Waals surface area contributed by atoms with E-state index in [0.29, 0.717) is 10.4 Å². The number of hydrogen-bond acceptors (Lipinski definition) is 2. The number of aromatic nitrogens is 1. The van der Waals surface area contributed by atoms with E-state index in [9.17, 15) is 0 Å². The van der Waals surface area contributed by atoms with Crippen LogP contribution in [0.2, 0.25) is 5.02 Å². The first-order valence-corrected chi connectivity index (χ1v) is 4.36. The summed E-state index contributed by atoms with van der Waals surface area (Å²) >= 11 is 8.36. The first-order valence-electron chi connectivity index (χ1n) is 2.86. The Kier molecular flexibility index (Phi) is 7.41. The zero-order valence-electron chi connectivity index (χ0n) is 5.71. The third-order valence-electron chi connectivity index (χ3n) is 0.688. The van der Waals surface area contributed by atoms with E-state index in [-0.39, 0.29) is 0 Å². The number of carbonyl (C=O) groups excluding carboxylic acids is 1. The van der Waals surface area contributed by atoms with Gasteiger partial charge < -0.3 is 4.79 Å². The number of alkyl halides is 1. The zero-order valence-corrected chi connectivity index (χ0v) is 8.05. The predicted octanol–water partition coefficient (Wildman–Crippen LogP) is 2.32. The summed E-state index contributed by atoms with van der Waals surface area (Å²) in [5.41, 5.74) is 0. The fraction of sp³-hybridized carbons (Fsp3) is 0.143. The van der Waals surface area contributed by atoms with Crippen LogP contribution in [0.4, 0.5) is 0 Å². The Labute approximate surface area is 78.7 Å². The molecule has 0 aromatic carbocycles. The van der Waals surface area contributed by atoms with Gasteiger partial charge >= 0.3 is 0 Å². The molecule has 11 heavy (non-hydrogen) atoms. The van der Waals surface area contributed by atoms with Crippen molar-refractivity contribution in [2.24, 2.45) is 0 Å². The minimum Gasteiger partial charge on any atom is -0.302 e. The molecule has 0 aliphatic rings. The van der Waals surface area contributed by atoms with Gasteiger partial charge in [-0.2, -0.15) is 0 Å². The highest BCUT2D eigenvalue weighted by Crippen LogP contribution is 2.00. The molecule has 1 aromatic rings. The van der Waals surface area contributed by atoms with Crippen LogP contribution in [0.25, 0.3) is 0 Å². The molecule has 60 valence electrons. The van der Waals surface area contributed by atoms with Gasteiger partial charge in [0.15, 0.2) is 0 Å². The second-order valence-corrected chi connectivity index (χ2v) is 2.58. The molecule has 0 saturated heterocycles. The molecule has 0 bridgehead atoms. The third-order valence-corrected chi connectivity index (χ3v) is 1.18. The van der Waals surface area contributed by atoms with Gasteiger partial charge in [-0.05, 0) is 12.1 Å². The highest BCUT2D eigenvalue weighted by molar-refractivity contribution is 9.09. The lowest BCUT2D eigenvalue weighted by atomic mass is 10.5. The van der Waals surface area contributed by atoms with Crippen molar-refractivity contribution >= 4 is 33.8 Å². The van der Waals surface area contributed by atoms with Gasteiger partial charge in [0.2, 0.25) is 0 Å². The Hall–Kier alpha value is -0.410. The van der Waals surface area contributed by atoms with Crippen molar-refractivity contribution in [2.75, 3.05) is 5.33 Å². The smallest absolute Gasteiger partial charge is 0.130 e. The van der Waals surface area contributed by atoms with Gasteiger partial charge in [0.05, 0.1) is 10.4 Å². The van der Waals surface area contributed by atoms with E-state index in [0.717, 1.165) is 6.29 Å². The summed E-state index contributed by atoms with van der Waals surface area (Å²) in [7, 11) is 0. The van der Waals surface area contributed by atoms with E-state index < -0.39 is 0 Å². The van der Waals surface area contributed by atoms with Gasteiger partial charge in [-0.25, -0.2) is 0 Å². The summed E-state index contributed by atoms with van der Waals surface area (Å²) < 4.78 is 0. The Morgan fingerprint density at radius 2 is 2.36 bits per heavy atom. The molecule has 0 aliphatic heterocycles. The van der Waals surface area contributed by atoms with Crippen molar-refractivity contribution in [2.45, 2.75) is 0 Å². The highest BCUT2D eigenvalue weighted by atomic mass is 79.9. The number of halogens is 2. The fourth-order valence-electron chi connectivity index (χ4n) is 0.342. The first kappa shape index (κ1) is 10.6. The lowest BCUT2D eigenvalue weighted by Gasteiger charge is -1.79. The van der Waals surface area contributed by atoms with Crippen LogP contribution in [0.1, 0.15) is 0 Å². The van der Waals surface area contributed by atoms with Gasteiger partial charge in [-0.1, -0.05) is 27.5 Å². The largest absolute Gasteiger partial charge is 0.302 e. The summed E-state index contributed by atoms with van der Waals surface area (Å²) in [5.74, 6) is 0. The van der Waals surface area contributed by atoms with E-state index >= 15 is 0 Å². The Balaban J connectivity index is 0.000000218. The molecular formula is C7H7BrClNO. The molecule has 1 rings (SSSR count). The molecule has 0 unspecified atom stereocenters. The average Bonchev–Trinajstić information content (AvgIpc) is 2.07. The number of rotatable bonds is 1. The first-order chi connectivity index (χ1) is 5.31. The number of pyridine rings is 1. The number of aldehydes is 1. The molecule has 4 heteroatoms. The number of carbonyl (C=O) groups is 1. The Morgan fingerprint density at radius 3 is 2.55 bits per heavy atom. The van der Waals surface area contributed by atoms with Crippen molar-refractivity contribution in [1.82, 2.24) is 4.98 Å². The maximum atomic E-state index is 9.13. The quantitative estimate of drug-likeness (QED) is 0.553. The van der Waals surface area contributed by atoms with Gasteiger partial charge in [-0.15, -0.1) is 0 Å². The van der Waals surface area contributed by atoms with Crippen LogP contribution < -0.4 is 0 Å². The highest BCUT2D eigenvalue weighted by Gasteiger charge is 1.76. The van der Waals surface area contributed by atoms with Crippen LogP contribution in [-0.4, -0.2) is 16.6 Å². The molecule has 1 heterocycles. The SMILES string of the molecule is Clc1cccnc1.O=CCBr. The van der Waals surface area contributed by atoms with Crippen molar-refractivity contribution in [3.05, 3.63) is 29.5 Å². The maximum Gasteiger partial charge on any atom is 0.130 e. The Bertz CT molecular complexity index is 193. The summed E-state index contributed by atoms with van der Waals surface area (Å²) in [6, 6.07) is 3.58. The van der Waals surface area contributed by atoms with Gasteiger partial charge in [-0.3, -0.25) is 4.98 Å². The van der Waals surface area contributed by atoms with Crippen LogP contribution in [0.15, 0.2) is 24.5 Å². The summed E-state index contributed by atoms with van der Waals surface area (Å²) in [6.07, 6.45) is 4.08. The van der Waals surface area contributed by atoms with Crippen LogP contribution in [-0.2, 0) is 4.79 Å². The molecule has 0 radical (unpaired) electrons. The predicted molar refractivity (Wildman–Crippen MR) is 49.1 cm³/mol. The van der Waals surface area contributed by atoms with Crippen molar-refractivity contribution in [3.63, 3.8) is 0 Å². The molecule has 2 nitrogen and oxygen atoms in total. The molecule has 0 fully saturated rings. The van der Waals surface area contributed by atoms with E-state index in [4.69, 9.17) is 16.4 Å². The molecule has 0 saturated carbocycles. The van der Waals surface area contributed by atoms with Gasteiger partial charge in [0.25, 0.3) is 0 Å². The monoisotopic (exact) mass is 235 g/mol. The van der Waals surface area contributed by atoms with Crippen LogP contribution in [0.3, 0.4) is 0 Å². The maximum absolute atomic E-state index is 9.13. The summed E-state index contributed by atoms with van der Waals surface area (Å²) in [6.45, 7) is 0.